The summed E-state index contributed by atoms with van der Waals surface area (Å²) in [5.41, 5.74) is 1.51. The Kier molecular flexibility index (Phi) is 4.58. The number of rotatable bonds is 6. The van der Waals surface area contributed by atoms with Crippen LogP contribution in [-0.2, 0) is 4.74 Å². The molecule has 3 heteroatoms. The van der Waals surface area contributed by atoms with Gasteiger partial charge >= 0.3 is 0 Å². The van der Waals surface area contributed by atoms with Gasteiger partial charge in [-0.2, -0.15) is 0 Å². The molecule has 1 aliphatic rings. The van der Waals surface area contributed by atoms with Gasteiger partial charge in [-0.3, -0.25) is 4.98 Å². The Morgan fingerprint density at radius 1 is 1.53 bits per heavy atom. The molecule has 0 spiro atoms. The Balaban J connectivity index is 1.97. The summed E-state index contributed by atoms with van der Waals surface area (Å²) < 4.78 is 5.85. The van der Waals surface area contributed by atoms with E-state index >= 15 is 0 Å². The van der Waals surface area contributed by atoms with Crippen molar-refractivity contribution in [3.8, 4) is 0 Å². The third-order valence-electron chi connectivity index (χ3n) is 4.75. The maximum Gasteiger partial charge on any atom is 0.0658 e. The lowest BCUT2D eigenvalue weighted by atomic mass is 9.61. The SMILES string of the molecule is CCOC1CC(N[C@H](C)c2cccnc2)C1(C)CC. The van der Waals surface area contributed by atoms with Crippen LogP contribution in [0.1, 0.15) is 52.1 Å². The van der Waals surface area contributed by atoms with Crippen LogP contribution in [0.2, 0.25) is 0 Å². The van der Waals surface area contributed by atoms with E-state index in [0.717, 1.165) is 19.4 Å². The highest BCUT2D eigenvalue weighted by Gasteiger charge is 2.51. The summed E-state index contributed by atoms with van der Waals surface area (Å²) in [5, 5.41) is 3.74. The maximum absolute atomic E-state index is 5.85. The molecule has 0 aliphatic heterocycles. The number of nitrogens with zero attached hydrogens (tertiary/aromatic N) is 1. The molecular formula is C16H26N2O. The van der Waals surface area contributed by atoms with Gasteiger partial charge in [0.05, 0.1) is 6.10 Å². The molecule has 2 rings (SSSR count). The van der Waals surface area contributed by atoms with Crippen molar-refractivity contribution in [2.45, 2.75) is 58.7 Å². The van der Waals surface area contributed by atoms with Gasteiger partial charge in [-0.25, -0.2) is 0 Å². The molecule has 1 aliphatic carbocycles. The molecule has 1 aromatic heterocycles. The lowest BCUT2D eigenvalue weighted by Gasteiger charge is -2.54. The van der Waals surface area contributed by atoms with Gasteiger partial charge in [0, 0.05) is 36.5 Å². The number of ether oxygens (including phenoxy) is 1. The van der Waals surface area contributed by atoms with Gasteiger partial charge in [0.2, 0.25) is 0 Å². The fraction of sp³-hybridized carbons (Fsp3) is 0.688. The molecule has 19 heavy (non-hydrogen) atoms. The largest absolute Gasteiger partial charge is 0.378 e. The highest BCUT2D eigenvalue weighted by Crippen LogP contribution is 2.46. The van der Waals surface area contributed by atoms with Crippen LogP contribution in [0.25, 0.3) is 0 Å². The zero-order valence-corrected chi connectivity index (χ0v) is 12.5. The maximum atomic E-state index is 5.85. The molecule has 3 nitrogen and oxygen atoms in total. The molecule has 4 atom stereocenters. The zero-order valence-electron chi connectivity index (χ0n) is 12.5. The fourth-order valence-corrected chi connectivity index (χ4v) is 3.04. The first-order valence-electron chi connectivity index (χ1n) is 7.39. The predicted molar refractivity (Wildman–Crippen MR) is 78.0 cm³/mol. The first kappa shape index (κ1) is 14.5. The van der Waals surface area contributed by atoms with Gasteiger partial charge in [-0.05, 0) is 38.3 Å². The summed E-state index contributed by atoms with van der Waals surface area (Å²) in [6.07, 6.45) is 6.43. The highest BCUT2D eigenvalue weighted by atomic mass is 16.5. The average Bonchev–Trinajstić information content (AvgIpc) is 2.46. The van der Waals surface area contributed by atoms with Gasteiger partial charge in [-0.15, -0.1) is 0 Å². The highest BCUT2D eigenvalue weighted by molar-refractivity contribution is 5.15. The molecule has 1 heterocycles. The Morgan fingerprint density at radius 3 is 2.89 bits per heavy atom. The van der Waals surface area contributed by atoms with Crippen LogP contribution in [-0.4, -0.2) is 23.7 Å². The summed E-state index contributed by atoms with van der Waals surface area (Å²) in [6.45, 7) is 9.69. The lowest BCUT2D eigenvalue weighted by molar-refractivity contribution is -0.127. The summed E-state index contributed by atoms with van der Waals surface area (Å²) in [7, 11) is 0. The second-order valence-corrected chi connectivity index (χ2v) is 5.77. The molecule has 1 fully saturated rings. The van der Waals surface area contributed by atoms with E-state index in [1.807, 2.05) is 18.5 Å². The van der Waals surface area contributed by atoms with E-state index in [9.17, 15) is 0 Å². The van der Waals surface area contributed by atoms with Gasteiger partial charge in [0.15, 0.2) is 0 Å². The van der Waals surface area contributed by atoms with Crippen molar-refractivity contribution in [2.24, 2.45) is 5.41 Å². The monoisotopic (exact) mass is 262 g/mol. The van der Waals surface area contributed by atoms with Gasteiger partial charge in [-0.1, -0.05) is 19.9 Å². The van der Waals surface area contributed by atoms with E-state index in [0.29, 0.717) is 18.2 Å². The molecule has 1 saturated carbocycles. The molecule has 3 unspecified atom stereocenters. The average molecular weight is 262 g/mol. The van der Waals surface area contributed by atoms with Crippen molar-refractivity contribution in [1.29, 1.82) is 0 Å². The Bertz CT molecular complexity index is 395. The minimum atomic E-state index is 0.256. The van der Waals surface area contributed by atoms with Gasteiger partial charge in [0.25, 0.3) is 0 Å². The molecular weight excluding hydrogens is 236 g/mol. The summed E-state index contributed by atoms with van der Waals surface area (Å²) in [4.78, 5) is 4.19. The van der Waals surface area contributed by atoms with E-state index in [1.54, 1.807) is 0 Å². The Morgan fingerprint density at radius 2 is 2.32 bits per heavy atom. The molecule has 0 radical (unpaired) electrons. The van der Waals surface area contributed by atoms with Crippen LogP contribution in [0, 0.1) is 5.41 Å². The van der Waals surface area contributed by atoms with Crippen LogP contribution in [0.4, 0.5) is 0 Å². The van der Waals surface area contributed by atoms with E-state index in [-0.39, 0.29) is 5.41 Å². The molecule has 0 bridgehead atoms. The zero-order chi connectivity index (χ0) is 13.9. The minimum absolute atomic E-state index is 0.256. The standard InChI is InChI=1S/C16H26N2O/c1-5-16(4)14(10-15(16)19-6-2)18-12(3)13-8-7-9-17-11-13/h7-9,11-12,14-15,18H,5-6,10H2,1-4H3/t12-,14?,15?,16?/m1/s1. The third kappa shape index (κ3) is 2.82. The summed E-state index contributed by atoms with van der Waals surface area (Å²) in [5.74, 6) is 0. The van der Waals surface area contributed by atoms with Crippen LogP contribution >= 0.6 is 0 Å². The molecule has 0 aromatic carbocycles. The van der Waals surface area contributed by atoms with Gasteiger partial charge in [0.1, 0.15) is 0 Å². The topological polar surface area (TPSA) is 34.1 Å². The minimum Gasteiger partial charge on any atom is -0.378 e. The van der Waals surface area contributed by atoms with Crippen molar-refractivity contribution in [1.82, 2.24) is 10.3 Å². The van der Waals surface area contributed by atoms with E-state index in [2.05, 4.69) is 44.1 Å². The van der Waals surface area contributed by atoms with Crippen molar-refractivity contribution in [3.63, 3.8) is 0 Å². The van der Waals surface area contributed by atoms with E-state index in [1.165, 1.54) is 5.56 Å². The second-order valence-electron chi connectivity index (χ2n) is 5.77. The summed E-state index contributed by atoms with van der Waals surface area (Å²) in [6, 6.07) is 5.00. The van der Waals surface area contributed by atoms with E-state index in [4.69, 9.17) is 4.74 Å². The quantitative estimate of drug-likeness (QED) is 0.854. The number of nitrogens with one attached hydrogen (secondary N) is 1. The van der Waals surface area contributed by atoms with Gasteiger partial charge < -0.3 is 10.1 Å². The lowest BCUT2D eigenvalue weighted by Crippen LogP contribution is -2.62. The molecule has 1 aromatic rings. The van der Waals surface area contributed by atoms with Crippen molar-refractivity contribution < 1.29 is 4.74 Å². The Hall–Kier alpha value is -0.930. The Labute approximate surface area is 116 Å². The van der Waals surface area contributed by atoms with E-state index < -0.39 is 0 Å². The second kappa shape index (κ2) is 6.02. The molecule has 0 saturated heterocycles. The molecule has 1 N–H and O–H groups in total. The first-order valence-corrected chi connectivity index (χ1v) is 7.39. The predicted octanol–water partition coefficient (Wildman–Crippen LogP) is 3.33. The van der Waals surface area contributed by atoms with Crippen molar-refractivity contribution in [3.05, 3.63) is 30.1 Å². The van der Waals surface area contributed by atoms with Crippen LogP contribution < -0.4 is 5.32 Å². The van der Waals surface area contributed by atoms with Crippen LogP contribution in [0.5, 0.6) is 0 Å². The third-order valence-corrected chi connectivity index (χ3v) is 4.75. The molecule has 0 amide bonds. The van der Waals surface area contributed by atoms with Crippen LogP contribution in [0.15, 0.2) is 24.5 Å². The normalized spacial score (nSPS) is 31.8. The molecule has 106 valence electrons. The van der Waals surface area contributed by atoms with Crippen molar-refractivity contribution >= 4 is 0 Å². The summed E-state index contributed by atoms with van der Waals surface area (Å²) >= 11 is 0. The smallest absolute Gasteiger partial charge is 0.0658 e. The number of hydrogen-bond acceptors (Lipinski definition) is 3. The van der Waals surface area contributed by atoms with Crippen LogP contribution in [0.3, 0.4) is 0 Å². The van der Waals surface area contributed by atoms with Crippen molar-refractivity contribution in [2.75, 3.05) is 6.61 Å². The first-order chi connectivity index (χ1) is 9.11. The number of hydrogen-bond donors (Lipinski definition) is 1. The number of aromatic nitrogens is 1. The fourth-order valence-electron chi connectivity index (χ4n) is 3.04. The number of pyridine rings is 1.